The summed E-state index contributed by atoms with van der Waals surface area (Å²) in [5.41, 5.74) is 4.68. The molecule has 1 aliphatic rings. The monoisotopic (exact) mass is 474 g/mol. The number of urea groups is 1. The minimum atomic E-state index is -0.781. The van der Waals surface area contributed by atoms with Crippen LogP contribution in [0.25, 0.3) is 6.08 Å². The number of nitrogens with one attached hydrogen (secondary N) is 1. The first-order chi connectivity index (χ1) is 16.2. The van der Waals surface area contributed by atoms with Gasteiger partial charge in [0.05, 0.1) is 10.7 Å². The number of ether oxygens (including phenoxy) is 1. The fourth-order valence-electron chi connectivity index (χ4n) is 3.79. The summed E-state index contributed by atoms with van der Waals surface area (Å²) < 4.78 is 5.83. The molecule has 0 unspecified atom stereocenters. The number of carbonyl (C=O) groups excluding carboxylic acids is 3. The zero-order valence-electron chi connectivity index (χ0n) is 19.0. The van der Waals surface area contributed by atoms with Gasteiger partial charge in [0, 0.05) is 0 Å². The van der Waals surface area contributed by atoms with Crippen molar-refractivity contribution in [3.05, 3.63) is 99.1 Å². The summed E-state index contributed by atoms with van der Waals surface area (Å²) in [6.45, 7) is 6.09. The minimum absolute atomic E-state index is 0.163. The van der Waals surface area contributed by atoms with E-state index in [9.17, 15) is 14.4 Å². The molecule has 4 rings (SSSR count). The van der Waals surface area contributed by atoms with Crippen molar-refractivity contribution < 1.29 is 19.1 Å². The van der Waals surface area contributed by atoms with Gasteiger partial charge in [-0.25, -0.2) is 9.69 Å². The van der Waals surface area contributed by atoms with Crippen LogP contribution in [0.4, 0.5) is 10.5 Å². The maximum Gasteiger partial charge on any atom is 0.335 e. The number of anilines is 1. The van der Waals surface area contributed by atoms with Crippen molar-refractivity contribution in [3.8, 4) is 5.75 Å². The molecule has 6 nitrogen and oxygen atoms in total. The van der Waals surface area contributed by atoms with Crippen LogP contribution >= 0.6 is 11.6 Å². The summed E-state index contributed by atoms with van der Waals surface area (Å²) in [7, 11) is 0. The fourth-order valence-corrected chi connectivity index (χ4v) is 4.03. The highest BCUT2D eigenvalue weighted by atomic mass is 35.5. The molecule has 0 bridgehead atoms. The second-order valence-electron chi connectivity index (χ2n) is 8.22. The van der Waals surface area contributed by atoms with Gasteiger partial charge in [-0.05, 0) is 61.7 Å². The Morgan fingerprint density at radius 3 is 2.41 bits per heavy atom. The van der Waals surface area contributed by atoms with Gasteiger partial charge < -0.3 is 4.74 Å². The molecule has 1 saturated heterocycles. The molecule has 0 aliphatic carbocycles. The molecule has 0 aromatic heterocycles. The Labute approximate surface area is 202 Å². The zero-order chi connectivity index (χ0) is 24.4. The van der Waals surface area contributed by atoms with Gasteiger partial charge in [-0.1, -0.05) is 65.2 Å². The molecular formula is C27H23ClN2O4. The highest BCUT2D eigenvalue weighted by Crippen LogP contribution is 2.29. The van der Waals surface area contributed by atoms with Gasteiger partial charge in [-0.15, -0.1) is 0 Å². The Morgan fingerprint density at radius 2 is 1.71 bits per heavy atom. The Hall–Kier alpha value is -3.90. The minimum Gasteiger partial charge on any atom is -0.487 e. The summed E-state index contributed by atoms with van der Waals surface area (Å²) in [5.74, 6) is -0.972. The lowest BCUT2D eigenvalue weighted by Gasteiger charge is -2.27. The summed E-state index contributed by atoms with van der Waals surface area (Å²) >= 11 is 6.40. The van der Waals surface area contributed by atoms with Crippen LogP contribution < -0.4 is 15.0 Å². The summed E-state index contributed by atoms with van der Waals surface area (Å²) in [6, 6.07) is 17.5. The van der Waals surface area contributed by atoms with Crippen LogP contribution in [0.3, 0.4) is 0 Å². The number of amides is 4. The van der Waals surface area contributed by atoms with Crippen LogP contribution in [-0.4, -0.2) is 17.8 Å². The standard InChI is InChI=1S/C27H23ClN2O4/c1-16-5-4-6-20(12-16)15-34-24-10-8-19(14-22(24)28)13-21-25(31)29-27(33)30(26(21)32)23-9-7-17(2)11-18(23)3/h4-14H,15H2,1-3H3,(H,29,31,33)/b21-13+. The van der Waals surface area contributed by atoms with E-state index in [2.05, 4.69) is 5.32 Å². The summed E-state index contributed by atoms with van der Waals surface area (Å²) in [6.07, 6.45) is 1.41. The molecule has 3 aromatic rings. The van der Waals surface area contributed by atoms with E-state index in [0.717, 1.165) is 27.2 Å². The maximum absolute atomic E-state index is 13.1. The average molecular weight is 475 g/mol. The molecule has 0 atom stereocenters. The second-order valence-corrected chi connectivity index (χ2v) is 8.62. The Bertz CT molecular complexity index is 1350. The van der Waals surface area contributed by atoms with Gasteiger partial charge in [0.25, 0.3) is 11.8 Å². The molecule has 34 heavy (non-hydrogen) atoms. The van der Waals surface area contributed by atoms with Crippen LogP contribution in [0.5, 0.6) is 5.75 Å². The fraction of sp³-hybridized carbons (Fsp3) is 0.148. The van der Waals surface area contributed by atoms with Gasteiger partial charge in [-0.3, -0.25) is 14.9 Å². The number of barbiturate groups is 1. The Balaban J connectivity index is 1.58. The molecule has 172 valence electrons. The largest absolute Gasteiger partial charge is 0.487 e. The van der Waals surface area contributed by atoms with Crippen molar-refractivity contribution in [2.24, 2.45) is 0 Å². The third-order valence-electron chi connectivity index (χ3n) is 5.44. The van der Waals surface area contributed by atoms with Crippen molar-refractivity contribution in [2.75, 3.05) is 4.90 Å². The number of benzene rings is 3. The lowest BCUT2D eigenvalue weighted by atomic mass is 10.0. The topological polar surface area (TPSA) is 75.7 Å². The lowest BCUT2D eigenvalue weighted by Crippen LogP contribution is -2.54. The quantitative estimate of drug-likeness (QED) is 0.390. The first-order valence-electron chi connectivity index (χ1n) is 10.7. The summed E-state index contributed by atoms with van der Waals surface area (Å²) in [5, 5.41) is 2.58. The van der Waals surface area contributed by atoms with E-state index in [4.69, 9.17) is 16.3 Å². The molecule has 3 aromatic carbocycles. The highest BCUT2D eigenvalue weighted by Gasteiger charge is 2.37. The van der Waals surface area contributed by atoms with Crippen LogP contribution in [0.2, 0.25) is 5.02 Å². The van der Waals surface area contributed by atoms with Crippen molar-refractivity contribution in [2.45, 2.75) is 27.4 Å². The van der Waals surface area contributed by atoms with Crippen molar-refractivity contribution in [1.29, 1.82) is 0 Å². The number of rotatable bonds is 5. The first-order valence-corrected chi connectivity index (χ1v) is 11.1. The third kappa shape index (κ3) is 4.87. The van der Waals surface area contributed by atoms with Crippen molar-refractivity contribution in [3.63, 3.8) is 0 Å². The van der Waals surface area contributed by atoms with Crippen LogP contribution in [0, 0.1) is 20.8 Å². The first kappa shape index (κ1) is 23.3. The number of carbonyl (C=O) groups is 3. The molecule has 1 aliphatic heterocycles. The average Bonchev–Trinajstić information content (AvgIpc) is 2.77. The molecule has 1 heterocycles. The van der Waals surface area contributed by atoms with Gasteiger partial charge in [0.2, 0.25) is 0 Å². The second kappa shape index (κ2) is 9.53. The molecule has 4 amide bonds. The number of imide groups is 2. The summed E-state index contributed by atoms with van der Waals surface area (Å²) in [4.78, 5) is 39.1. The lowest BCUT2D eigenvalue weighted by molar-refractivity contribution is -0.122. The third-order valence-corrected chi connectivity index (χ3v) is 5.73. The highest BCUT2D eigenvalue weighted by molar-refractivity contribution is 6.39. The Kier molecular flexibility index (Phi) is 6.52. The van der Waals surface area contributed by atoms with Gasteiger partial charge in [0.15, 0.2) is 0 Å². The van der Waals surface area contributed by atoms with E-state index in [-0.39, 0.29) is 5.57 Å². The molecule has 0 radical (unpaired) electrons. The smallest absolute Gasteiger partial charge is 0.335 e. The van der Waals surface area contributed by atoms with Crippen LogP contribution in [0.15, 0.2) is 66.2 Å². The van der Waals surface area contributed by atoms with Crippen LogP contribution in [0.1, 0.15) is 27.8 Å². The SMILES string of the molecule is Cc1cccc(COc2ccc(/C=C3\C(=O)NC(=O)N(c4ccc(C)cc4C)C3=O)cc2Cl)c1. The number of nitrogens with zero attached hydrogens (tertiary/aromatic N) is 1. The van der Waals surface area contributed by atoms with Gasteiger partial charge in [0.1, 0.15) is 17.9 Å². The van der Waals surface area contributed by atoms with Gasteiger partial charge >= 0.3 is 6.03 Å². The van der Waals surface area contributed by atoms with E-state index in [0.29, 0.717) is 28.6 Å². The molecule has 0 spiro atoms. The number of hydrogen-bond acceptors (Lipinski definition) is 4. The molecule has 1 N–H and O–H groups in total. The zero-order valence-corrected chi connectivity index (χ0v) is 19.8. The van der Waals surface area contributed by atoms with Gasteiger partial charge in [-0.2, -0.15) is 0 Å². The van der Waals surface area contributed by atoms with Crippen molar-refractivity contribution >= 4 is 41.2 Å². The van der Waals surface area contributed by atoms with Crippen molar-refractivity contribution in [1.82, 2.24) is 5.32 Å². The number of hydrogen-bond donors (Lipinski definition) is 1. The van der Waals surface area contributed by atoms with E-state index in [1.54, 1.807) is 37.3 Å². The number of aryl methyl sites for hydroxylation is 3. The normalized spacial score (nSPS) is 15.0. The van der Waals surface area contributed by atoms with E-state index >= 15 is 0 Å². The molecular weight excluding hydrogens is 452 g/mol. The predicted molar refractivity (Wildman–Crippen MR) is 132 cm³/mol. The number of halogens is 1. The molecule has 0 saturated carbocycles. The van der Waals surface area contributed by atoms with Crippen LogP contribution in [-0.2, 0) is 16.2 Å². The van der Waals surface area contributed by atoms with E-state index in [1.165, 1.54) is 6.08 Å². The molecule has 1 fully saturated rings. The predicted octanol–water partition coefficient (Wildman–Crippen LogP) is 5.51. The van der Waals surface area contributed by atoms with E-state index in [1.807, 2.05) is 44.2 Å². The maximum atomic E-state index is 13.1. The molecule has 7 heteroatoms. The van der Waals surface area contributed by atoms with E-state index < -0.39 is 17.8 Å². The Morgan fingerprint density at radius 1 is 0.941 bits per heavy atom.